The Morgan fingerprint density at radius 3 is 2.85 bits per heavy atom. The summed E-state index contributed by atoms with van der Waals surface area (Å²) in [6, 6.07) is 6.21. The van der Waals surface area contributed by atoms with Gasteiger partial charge in [-0.3, -0.25) is 4.79 Å². The third kappa shape index (κ3) is 4.18. The number of aromatic nitrogens is 1. The molecule has 1 amide bonds. The number of amides is 1. The SMILES string of the molecule is C[N+](C)(C)CCNc1ccc2sc(CNC=O)nc2c1. The lowest BCUT2D eigenvalue weighted by molar-refractivity contribution is -0.868. The number of quaternary nitrogens is 1. The van der Waals surface area contributed by atoms with E-state index in [4.69, 9.17) is 0 Å². The Kier molecular flexibility index (Phi) is 4.57. The molecule has 0 unspecified atom stereocenters. The van der Waals surface area contributed by atoms with Crippen molar-refractivity contribution in [2.45, 2.75) is 6.54 Å². The van der Waals surface area contributed by atoms with Crippen molar-refractivity contribution in [2.24, 2.45) is 0 Å². The van der Waals surface area contributed by atoms with Crippen LogP contribution in [-0.2, 0) is 11.3 Å². The summed E-state index contributed by atoms with van der Waals surface area (Å²) >= 11 is 1.61. The highest BCUT2D eigenvalue weighted by atomic mass is 32.1. The van der Waals surface area contributed by atoms with E-state index in [1.165, 1.54) is 0 Å². The third-order valence-electron chi connectivity index (χ3n) is 2.88. The van der Waals surface area contributed by atoms with Gasteiger partial charge in [-0.15, -0.1) is 11.3 Å². The molecule has 108 valence electrons. The molecule has 0 aliphatic rings. The second kappa shape index (κ2) is 6.19. The maximum Gasteiger partial charge on any atom is 0.207 e. The van der Waals surface area contributed by atoms with Crippen molar-refractivity contribution >= 4 is 33.7 Å². The zero-order valence-electron chi connectivity index (χ0n) is 12.1. The Balaban J connectivity index is 2.03. The smallest absolute Gasteiger partial charge is 0.207 e. The largest absolute Gasteiger partial charge is 0.379 e. The number of hydrogen-bond acceptors (Lipinski definition) is 4. The monoisotopic (exact) mass is 293 g/mol. The molecule has 0 saturated carbocycles. The van der Waals surface area contributed by atoms with E-state index in [1.807, 2.05) is 0 Å². The number of carbonyl (C=O) groups is 1. The fourth-order valence-electron chi connectivity index (χ4n) is 1.83. The number of anilines is 1. The molecule has 0 aliphatic carbocycles. The van der Waals surface area contributed by atoms with Crippen LogP contribution < -0.4 is 10.6 Å². The van der Waals surface area contributed by atoms with Crippen molar-refractivity contribution in [3.63, 3.8) is 0 Å². The molecule has 1 aromatic carbocycles. The molecule has 1 aromatic heterocycles. The quantitative estimate of drug-likeness (QED) is 0.603. The predicted octanol–water partition coefficient (Wildman–Crippen LogP) is 1.66. The number of fused-ring (bicyclic) bond motifs is 1. The first-order chi connectivity index (χ1) is 9.48. The van der Waals surface area contributed by atoms with Crippen molar-refractivity contribution in [1.29, 1.82) is 0 Å². The van der Waals surface area contributed by atoms with Crippen LogP contribution in [0.3, 0.4) is 0 Å². The molecule has 0 saturated heterocycles. The molecule has 0 spiro atoms. The summed E-state index contributed by atoms with van der Waals surface area (Å²) in [4.78, 5) is 14.8. The van der Waals surface area contributed by atoms with E-state index in [0.717, 1.165) is 38.5 Å². The zero-order valence-corrected chi connectivity index (χ0v) is 13.0. The van der Waals surface area contributed by atoms with Crippen molar-refractivity contribution in [3.8, 4) is 0 Å². The molecule has 0 bridgehead atoms. The van der Waals surface area contributed by atoms with Gasteiger partial charge in [0, 0.05) is 5.69 Å². The molecule has 0 radical (unpaired) electrons. The van der Waals surface area contributed by atoms with Crippen molar-refractivity contribution in [2.75, 3.05) is 39.5 Å². The zero-order chi connectivity index (χ0) is 14.6. The summed E-state index contributed by atoms with van der Waals surface area (Å²) in [6.07, 6.45) is 0.698. The van der Waals surface area contributed by atoms with E-state index in [-0.39, 0.29) is 0 Å². The molecular formula is C14H21N4OS+. The fraction of sp³-hybridized carbons (Fsp3) is 0.429. The second-order valence-electron chi connectivity index (χ2n) is 5.73. The van der Waals surface area contributed by atoms with Gasteiger partial charge < -0.3 is 15.1 Å². The molecule has 6 heteroatoms. The van der Waals surface area contributed by atoms with E-state index >= 15 is 0 Å². The van der Waals surface area contributed by atoms with Gasteiger partial charge in [-0.25, -0.2) is 4.98 Å². The van der Waals surface area contributed by atoms with E-state index < -0.39 is 0 Å². The summed E-state index contributed by atoms with van der Waals surface area (Å²) in [5, 5.41) is 6.99. The van der Waals surface area contributed by atoms with Gasteiger partial charge in [-0.05, 0) is 18.2 Å². The summed E-state index contributed by atoms with van der Waals surface area (Å²) in [6.45, 7) is 2.48. The van der Waals surface area contributed by atoms with E-state index in [2.05, 4.69) is 55.0 Å². The third-order valence-corrected chi connectivity index (χ3v) is 3.92. The Hall–Kier alpha value is -1.66. The van der Waals surface area contributed by atoms with Gasteiger partial charge in [0.25, 0.3) is 0 Å². The number of nitrogens with zero attached hydrogens (tertiary/aromatic N) is 2. The topological polar surface area (TPSA) is 54.0 Å². The summed E-state index contributed by atoms with van der Waals surface area (Å²) in [5.41, 5.74) is 2.07. The molecule has 2 aromatic rings. The van der Waals surface area contributed by atoms with Crippen LogP contribution in [-0.4, -0.2) is 50.1 Å². The minimum absolute atomic E-state index is 0.493. The maximum atomic E-state index is 10.3. The van der Waals surface area contributed by atoms with Gasteiger partial charge in [0.1, 0.15) is 5.01 Å². The first-order valence-corrected chi connectivity index (χ1v) is 7.40. The van der Waals surface area contributed by atoms with Crippen LogP contribution in [0.5, 0.6) is 0 Å². The molecule has 0 atom stereocenters. The van der Waals surface area contributed by atoms with Gasteiger partial charge in [-0.2, -0.15) is 0 Å². The Morgan fingerprint density at radius 1 is 1.35 bits per heavy atom. The first kappa shape index (κ1) is 14.7. The molecule has 2 rings (SSSR count). The molecular weight excluding hydrogens is 272 g/mol. The Bertz CT molecular complexity index is 588. The van der Waals surface area contributed by atoms with Crippen LogP contribution in [0.15, 0.2) is 18.2 Å². The van der Waals surface area contributed by atoms with Crippen LogP contribution in [0.1, 0.15) is 5.01 Å². The molecule has 0 aliphatic heterocycles. The van der Waals surface area contributed by atoms with Crippen LogP contribution in [0.4, 0.5) is 5.69 Å². The number of benzene rings is 1. The van der Waals surface area contributed by atoms with Crippen molar-refractivity contribution in [1.82, 2.24) is 10.3 Å². The van der Waals surface area contributed by atoms with Gasteiger partial charge in [0.05, 0.1) is 51.0 Å². The number of hydrogen-bond donors (Lipinski definition) is 2. The van der Waals surface area contributed by atoms with E-state index in [9.17, 15) is 4.79 Å². The van der Waals surface area contributed by atoms with Gasteiger partial charge >= 0.3 is 0 Å². The van der Waals surface area contributed by atoms with Crippen LogP contribution in [0.2, 0.25) is 0 Å². The minimum atomic E-state index is 0.493. The second-order valence-corrected chi connectivity index (χ2v) is 6.84. The van der Waals surface area contributed by atoms with Gasteiger partial charge in [-0.1, -0.05) is 0 Å². The number of likely N-dealkylation sites (N-methyl/N-ethyl adjacent to an activating group) is 1. The van der Waals surface area contributed by atoms with Gasteiger partial charge in [0.15, 0.2) is 0 Å². The standard InChI is InChI=1S/C14H20N4OS/c1-18(2,3)7-6-16-11-4-5-13-12(8-11)17-14(20-13)9-15-10-19/h4-5,8,10,16H,6-7,9H2,1-3H3/p+1. The van der Waals surface area contributed by atoms with Crippen LogP contribution in [0.25, 0.3) is 10.2 Å². The van der Waals surface area contributed by atoms with Crippen LogP contribution >= 0.6 is 11.3 Å². The number of carbonyl (C=O) groups excluding carboxylic acids is 1. The van der Waals surface area contributed by atoms with Crippen molar-refractivity contribution in [3.05, 3.63) is 23.2 Å². The highest BCUT2D eigenvalue weighted by Crippen LogP contribution is 2.24. The average molecular weight is 293 g/mol. The minimum Gasteiger partial charge on any atom is -0.379 e. The predicted molar refractivity (Wildman–Crippen MR) is 83.9 cm³/mol. The van der Waals surface area contributed by atoms with Crippen molar-refractivity contribution < 1.29 is 9.28 Å². The fourth-order valence-corrected chi connectivity index (χ4v) is 2.72. The molecule has 20 heavy (non-hydrogen) atoms. The van der Waals surface area contributed by atoms with E-state index in [0.29, 0.717) is 13.0 Å². The summed E-state index contributed by atoms with van der Waals surface area (Å²) in [5.74, 6) is 0. The number of thiazole rings is 1. The number of rotatable bonds is 7. The Labute approximate surface area is 123 Å². The lowest BCUT2D eigenvalue weighted by atomic mass is 10.3. The molecule has 1 heterocycles. The lowest BCUT2D eigenvalue weighted by Crippen LogP contribution is -2.38. The summed E-state index contributed by atoms with van der Waals surface area (Å²) in [7, 11) is 6.53. The Morgan fingerprint density at radius 2 is 2.15 bits per heavy atom. The highest BCUT2D eigenvalue weighted by molar-refractivity contribution is 7.18. The van der Waals surface area contributed by atoms with Crippen LogP contribution in [0, 0.1) is 0 Å². The molecule has 2 N–H and O–H groups in total. The number of nitrogens with one attached hydrogen (secondary N) is 2. The average Bonchev–Trinajstić information content (AvgIpc) is 2.76. The van der Waals surface area contributed by atoms with E-state index in [1.54, 1.807) is 11.3 Å². The maximum absolute atomic E-state index is 10.3. The summed E-state index contributed by atoms with van der Waals surface area (Å²) < 4.78 is 2.08. The lowest BCUT2D eigenvalue weighted by Gasteiger charge is -2.24. The molecule has 0 fully saturated rings. The normalized spacial score (nSPS) is 11.6. The van der Waals surface area contributed by atoms with Gasteiger partial charge in [0.2, 0.25) is 6.41 Å². The molecule has 5 nitrogen and oxygen atoms in total. The first-order valence-electron chi connectivity index (χ1n) is 6.59. The highest BCUT2D eigenvalue weighted by Gasteiger charge is 2.07.